The summed E-state index contributed by atoms with van der Waals surface area (Å²) in [7, 11) is -1.60. The predicted molar refractivity (Wildman–Crippen MR) is 72.8 cm³/mol. The standard InChI is InChI=1S/C14H20BFO3/c1-9-3-5-12(7-10(9)2)19-14-8-11(15(17)18)4-6-13(14)16/h4,6,8-10,12,17-18H,3,5,7H2,1-2H3. The van der Waals surface area contributed by atoms with Gasteiger partial charge in [0.25, 0.3) is 0 Å². The Morgan fingerprint density at radius 1 is 1.21 bits per heavy atom. The molecule has 0 heterocycles. The second-order valence-corrected chi connectivity index (χ2v) is 5.57. The smallest absolute Gasteiger partial charge is 0.487 e. The third kappa shape index (κ3) is 3.48. The maximum absolute atomic E-state index is 13.7. The molecule has 1 saturated carbocycles. The van der Waals surface area contributed by atoms with Crippen LogP contribution in [0.25, 0.3) is 0 Å². The van der Waals surface area contributed by atoms with Gasteiger partial charge in [-0.15, -0.1) is 0 Å². The van der Waals surface area contributed by atoms with Crippen LogP contribution in [0.5, 0.6) is 5.75 Å². The lowest BCUT2D eigenvalue weighted by atomic mass is 9.79. The van der Waals surface area contributed by atoms with E-state index in [2.05, 4.69) is 13.8 Å². The molecule has 0 bridgehead atoms. The Kier molecular flexibility index (Phi) is 4.48. The highest BCUT2D eigenvalue weighted by Gasteiger charge is 2.26. The first-order valence-corrected chi connectivity index (χ1v) is 6.79. The molecule has 0 radical (unpaired) electrons. The van der Waals surface area contributed by atoms with Crippen molar-refractivity contribution >= 4 is 12.6 Å². The molecule has 0 spiro atoms. The van der Waals surface area contributed by atoms with Gasteiger partial charge in [-0.2, -0.15) is 0 Å². The third-order valence-corrected chi connectivity index (χ3v) is 4.10. The average molecular weight is 266 g/mol. The number of rotatable bonds is 3. The number of halogens is 1. The minimum absolute atomic E-state index is 0.00628. The summed E-state index contributed by atoms with van der Waals surface area (Å²) in [6.45, 7) is 4.41. The molecule has 2 N–H and O–H groups in total. The van der Waals surface area contributed by atoms with Gasteiger partial charge < -0.3 is 14.8 Å². The highest BCUT2D eigenvalue weighted by molar-refractivity contribution is 6.58. The van der Waals surface area contributed by atoms with E-state index in [0.29, 0.717) is 11.8 Å². The van der Waals surface area contributed by atoms with E-state index in [0.717, 1.165) is 19.3 Å². The number of hydrogen-bond acceptors (Lipinski definition) is 3. The van der Waals surface area contributed by atoms with Crippen LogP contribution in [0.1, 0.15) is 33.1 Å². The molecule has 19 heavy (non-hydrogen) atoms. The van der Waals surface area contributed by atoms with Gasteiger partial charge >= 0.3 is 7.12 Å². The van der Waals surface area contributed by atoms with Crippen LogP contribution in [-0.4, -0.2) is 23.3 Å². The minimum Gasteiger partial charge on any atom is -0.487 e. The molecule has 1 aromatic carbocycles. The molecule has 3 unspecified atom stereocenters. The monoisotopic (exact) mass is 266 g/mol. The predicted octanol–water partition coefficient (Wildman–Crippen LogP) is 1.71. The molecule has 3 nitrogen and oxygen atoms in total. The van der Waals surface area contributed by atoms with Gasteiger partial charge in [0.1, 0.15) is 0 Å². The summed E-state index contributed by atoms with van der Waals surface area (Å²) in [5.74, 6) is 0.886. The molecular weight excluding hydrogens is 246 g/mol. The molecule has 1 aromatic rings. The van der Waals surface area contributed by atoms with Crippen molar-refractivity contribution in [3.63, 3.8) is 0 Å². The summed E-state index contributed by atoms with van der Waals surface area (Å²) >= 11 is 0. The normalized spacial score (nSPS) is 27.1. The zero-order chi connectivity index (χ0) is 14.0. The summed E-state index contributed by atoms with van der Waals surface area (Å²) in [4.78, 5) is 0. The van der Waals surface area contributed by atoms with E-state index in [1.54, 1.807) is 0 Å². The number of ether oxygens (including phenoxy) is 1. The molecule has 1 fully saturated rings. The Balaban J connectivity index is 2.08. The van der Waals surface area contributed by atoms with Gasteiger partial charge in [0.05, 0.1) is 6.10 Å². The van der Waals surface area contributed by atoms with E-state index in [1.807, 2.05) is 0 Å². The van der Waals surface area contributed by atoms with Crippen LogP contribution >= 0.6 is 0 Å². The largest absolute Gasteiger partial charge is 0.488 e. The molecule has 0 saturated heterocycles. The summed E-state index contributed by atoms with van der Waals surface area (Å²) in [5, 5.41) is 18.2. The SMILES string of the molecule is CC1CCC(Oc2cc(B(O)O)ccc2F)CC1C. The second-order valence-electron chi connectivity index (χ2n) is 5.57. The van der Waals surface area contributed by atoms with Crippen LogP contribution in [0.15, 0.2) is 18.2 Å². The molecule has 5 heteroatoms. The molecule has 0 amide bonds. The quantitative estimate of drug-likeness (QED) is 0.819. The third-order valence-electron chi connectivity index (χ3n) is 4.10. The molecule has 1 aliphatic rings. The van der Waals surface area contributed by atoms with E-state index < -0.39 is 12.9 Å². The van der Waals surface area contributed by atoms with Crippen LogP contribution in [-0.2, 0) is 0 Å². The molecule has 2 rings (SSSR count). The van der Waals surface area contributed by atoms with Crippen LogP contribution in [0, 0.1) is 17.7 Å². The van der Waals surface area contributed by atoms with Crippen molar-refractivity contribution in [3.05, 3.63) is 24.0 Å². The van der Waals surface area contributed by atoms with Crippen molar-refractivity contribution in [1.29, 1.82) is 0 Å². The van der Waals surface area contributed by atoms with Crippen LogP contribution < -0.4 is 10.2 Å². The Labute approximate surface area is 113 Å². The average Bonchev–Trinajstić information content (AvgIpc) is 2.36. The van der Waals surface area contributed by atoms with Gasteiger partial charge in [-0.3, -0.25) is 0 Å². The maximum Gasteiger partial charge on any atom is 0.488 e. The van der Waals surface area contributed by atoms with Crippen LogP contribution in [0.3, 0.4) is 0 Å². The van der Waals surface area contributed by atoms with E-state index in [9.17, 15) is 4.39 Å². The van der Waals surface area contributed by atoms with E-state index in [1.165, 1.54) is 18.2 Å². The first-order chi connectivity index (χ1) is 8.97. The topological polar surface area (TPSA) is 49.7 Å². The van der Waals surface area contributed by atoms with Crippen LogP contribution in [0.4, 0.5) is 4.39 Å². The number of benzene rings is 1. The Bertz CT molecular complexity index is 439. The molecule has 0 aliphatic heterocycles. The van der Waals surface area contributed by atoms with Gasteiger partial charge in [0, 0.05) is 0 Å². The first kappa shape index (κ1) is 14.3. The Morgan fingerprint density at radius 3 is 2.58 bits per heavy atom. The van der Waals surface area contributed by atoms with E-state index >= 15 is 0 Å². The molecule has 104 valence electrons. The molecule has 1 aliphatic carbocycles. The summed E-state index contributed by atoms with van der Waals surface area (Å²) in [6, 6.07) is 3.92. The highest BCUT2D eigenvalue weighted by Crippen LogP contribution is 2.32. The summed E-state index contributed by atoms with van der Waals surface area (Å²) in [6.07, 6.45) is 2.91. The first-order valence-electron chi connectivity index (χ1n) is 6.79. The van der Waals surface area contributed by atoms with E-state index in [4.69, 9.17) is 14.8 Å². The highest BCUT2D eigenvalue weighted by atomic mass is 19.1. The van der Waals surface area contributed by atoms with Crippen molar-refractivity contribution < 1.29 is 19.2 Å². The van der Waals surface area contributed by atoms with Gasteiger partial charge in [-0.25, -0.2) is 4.39 Å². The van der Waals surface area contributed by atoms with Crippen molar-refractivity contribution in [3.8, 4) is 5.75 Å². The fourth-order valence-electron chi connectivity index (χ4n) is 2.56. The van der Waals surface area contributed by atoms with Gasteiger partial charge in [-0.05, 0) is 48.7 Å². The second kappa shape index (κ2) is 5.93. The van der Waals surface area contributed by atoms with Gasteiger partial charge in [0.2, 0.25) is 0 Å². The zero-order valence-electron chi connectivity index (χ0n) is 11.3. The summed E-state index contributed by atoms with van der Waals surface area (Å²) < 4.78 is 19.4. The lowest BCUT2D eigenvalue weighted by Gasteiger charge is -2.32. The van der Waals surface area contributed by atoms with Gasteiger partial charge in [0.15, 0.2) is 11.6 Å². The maximum atomic E-state index is 13.7. The molecular formula is C14H20BFO3. The van der Waals surface area contributed by atoms with Crippen molar-refractivity contribution in [2.75, 3.05) is 0 Å². The minimum atomic E-state index is -1.60. The lowest BCUT2D eigenvalue weighted by molar-refractivity contribution is 0.0969. The van der Waals surface area contributed by atoms with E-state index in [-0.39, 0.29) is 17.3 Å². The van der Waals surface area contributed by atoms with Crippen molar-refractivity contribution in [2.24, 2.45) is 11.8 Å². The zero-order valence-corrected chi connectivity index (χ0v) is 11.3. The van der Waals surface area contributed by atoms with Gasteiger partial charge in [-0.1, -0.05) is 19.9 Å². The number of hydrogen-bond donors (Lipinski definition) is 2. The molecule has 0 aromatic heterocycles. The van der Waals surface area contributed by atoms with Crippen molar-refractivity contribution in [1.82, 2.24) is 0 Å². The fourth-order valence-corrected chi connectivity index (χ4v) is 2.56. The lowest BCUT2D eigenvalue weighted by Crippen LogP contribution is -2.32. The Hall–Kier alpha value is -1.07. The Morgan fingerprint density at radius 2 is 1.95 bits per heavy atom. The van der Waals surface area contributed by atoms with Crippen LogP contribution in [0.2, 0.25) is 0 Å². The van der Waals surface area contributed by atoms with Crippen molar-refractivity contribution in [2.45, 2.75) is 39.2 Å². The fraction of sp³-hybridized carbons (Fsp3) is 0.571. The summed E-state index contributed by atoms with van der Waals surface area (Å²) in [5.41, 5.74) is 0.244. The molecule has 3 atom stereocenters.